The zero-order chi connectivity index (χ0) is 18.6. The number of carbonyl (C=O) groups is 1. The van der Waals surface area contributed by atoms with Gasteiger partial charge in [-0.25, -0.2) is 0 Å². The van der Waals surface area contributed by atoms with E-state index in [4.69, 9.17) is 0 Å². The molecule has 3 heterocycles. The van der Waals surface area contributed by atoms with E-state index in [9.17, 15) is 4.79 Å². The molecule has 5 heteroatoms. The number of rotatable bonds is 3. The van der Waals surface area contributed by atoms with Crippen molar-refractivity contribution in [3.05, 3.63) is 77.9 Å². The maximum absolute atomic E-state index is 12.5. The summed E-state index contributed by atoms with van der Waals surface area (Å²) >= 11 is 0. The van der Waals surface area contributed by atoms with Crippen molar-refractivity contribution in [2.24, 2.45) is 0 Å². The highest BCUT2D eigenvalue weighted by molar-refractivity contribution is 5.92. The Kier molecular flexibility index (Phi) is 4.92. The van der Waals surface area contributed by atoms with Crippen LogP contribution in [-0.4, -0.2) is 39.1 Å². The van der Waals surface area contributed by atoms with Gasteiger partial charge in [0, 0.05) is 36.7 Å². The second-order valence-electron chi connectivity index (χ2n) is 6.93. The molecule has 4 rings (SSSR count). The first-order valence-electron chi connectivity index (χ1n) is 9.31. The molecule has 0 unspecified atom stereocenters. The third-order valence-electron chi connectivity index (χ3n) is 5.27. The van der Waals surface area contributed by atoms with Gasteiger partial charge in [-0.2, -0.15) is 5.10 Å². The Bertz CT molecular complexity index is 917. The van der Waals surface area contributed by atoms with Gasteiger partial charge in [-0.05, 0) is 55.0 Å². The highest BCUT2D eigenvalue weighted by atomic mass is 16.2. The average Bonchev–Trinajstić information content (AvgIpc) is 2.74. The molecule has 136 valence electrons. The fourth-order valence-corrected chi connectivity index (χ4v) is 3.72. The molecule has 1 aliphatic heterocycles. The molecule has 1 aromatic carbocycles. The van der Waals surface area contributed by atoms with Gasteiger partial charge in [-0.3, -0.25) is 9.78 Å². The van der Waals surface area contributed by atoms with E-state index >= 15 is 0 Å². The molecule has 0 aliphatic carbocycles. The van der Waals surface area contributed by atoms with Gasteiger partial charge in [-0.1, -0.05) is 30.3 Å². The molecule has 0 radical (unpaired) electrons. The number of aryl methyl sites for hydroxylation is 1. The van der Waals surface area contributed by atoms with Gasteiger partial charge in [0.2, 0.25) is 0 Å². The van der Waals surface area contributed by atoms with Crippen LogP contribution < -0.4 is 0 Å². The second kappa shape index (κ2) is 7.66. The lowest BCUT2D eigenvalue weighted by Crippen LogP contribution is -2.38. The van der Waals surface area contributed by atoms with Crippen molar-refractivity contribution >= 4 is 5.91 Å². The number of aromatic nitrogens is 3. The predicted octanol–water partition coefficient (Wildman–Crippen LogP) is 3.87. The quantitative estimate of drug-likeness (QED) is 0.713. The van der Waals surface area contributed by atoms with Crippen molar-refractivity contribution in [3.63, 3.8) is 0 Å². The average molecular weight is 358 g/mol. The molecule has 1 aliphatic rings. The third-order valence-corrected chi connectivity index (χ3v) is 5.27. The maximum atomic E-state index is 12.5. The molecule has 3 aromatic rings. The largest absolute Gasteiger partial charge is 0.337 e. The first-order chi connectivity index (χ1) is 13.2. The zero-order valence-electron chi connectivity index (χ0n) is 15.4. The van der Waals surface area contributed by atoms with E-state index in [0.717, 1.165) is 31.6 Å². The molecule has 0 bridgehead atoms. The number of nitrogens with zero attached hydrogens (tertiary/aromatic N) is 4. The van der Waals surface area contributed by atoms with Crippen LogP contribution in [0.3, 0.4) is 0 Å². The number of likely N-dealkylation sites (tertiary alicyclic amines) is 1. The Hall–Kier alpha value is -3.08. The van der Waals surface area contributed by atoms with Gasteiger partial charge in [0.1, 0.15) is 0 Å². The van der Waals surface area contributed by atoms with E-state index in [1.54, 1.807) is 18.3 Å². The van der Waals surface area contributed by atoms with Crippen molar-refractivity contribution in [1.29, 1.82) is 0 Å². The maximum Gasteiger partial charge on any atom is 0.274 e. The molecular weight excluding hydrogens is 336 g/mol. The lowest BCUT2D eigenvalue weighted by molar-refractivity contribution is 0.0706. The summed E-state index contributed by atoms with van der Waals surface area (Å²) in [4.78, 5) is 18.7. The van der Waals surface area contributed by atoms with Crippen LogP contribution >= 0.6 is 0 Å². The molecule has 27 heavy (non-hydrogen) atoms. The Morgan fingerprint density at radius 3 is 2.41 bits per heavy atom. The van der Waals surface area contributed by atoms with E-state index in [2.05, 4.69) is 45.5 Å². The molecule has 1 saturated heterocycles. The van der Waals surface area contributed by atoms with Gasteiger partial charge < -0.3 is 4.90 Å². The second-order valence-corrected chi connectivity index (χ2v) is 6.93. The zero-order valence-corrected chi connectivity index (χ0v) is 15.4. The summed E-state index contributed by atoms with van der Waals surface area (Å²) in [5.74, 6) is 0.462. The number of hydrogen-bond acceptors (Lipinski definition) is 4. The Morgan fingerprint density at radius 2 is 1.74 bits per heavy atom. The van der Waals surface area contributed by atoms with Crippen LogP contribution in [0.1, 0.15) is 40.5 Å². The summed E-state index contributed by atoms with van der Waals surface area (Å²) in [6, 6.07) is 16.3. The smallest absolute Gasteiger partial charge is 0.274 e. The summed E-state index contributed by atoms with van der Waals surface area (Å²) < 4.78 is 0. The van der Waals surface area contributed by atoms with Crippen LogP contribution in [0.25, 0.3) is 11.1 Å². The number of benzene rings is 1. The predicted molar refractivity (Wildman–Crippen MR) is 104 cm³/mol. The van der Waals surface area contributed by atoms with E-state index in [0.29, 0.717) is 11.6 Å². The Balaban J connectivity index is 1.41. The number of amides is 1. The summed E-state index contributed by atoms with van der Waals surface area (Å²) in [6.45, 7) is 3.54. The van der Waals surface area contributed by atoms with Crippen LogP contribution in [-0.2, 0) is 0 Å². The highest BCUT2D eigenvalue weighted by Crippen LogP contribution is 2.30. The number of hydrogen-bond donors (Lipinski definition) is 0. The van der Waals surface area contributed by atoms with Crippen LogP contribution in [0.2, 0.25) is 0 Å². The minimum Gasteiger partial charge on any atom is -0.337 e. The standard InChI is InChI=1S/C22H22N4O/c1-16-20(4-2-12-23-16)19-8-6-17(7-9-19)18-10-14-26(15-11-18)22(27)21-5-3-13-24-25-21/h2-9,12-13,18H,10-11,14-15H2,1H3. The number of pyridine rings is 1. The topological polar surface area (TPSA) is 59.0 Å². The molecule has 0 N–H and O–H groups in total. The molecular formula is C22H22N4O. The molecule has 0 saturated carbocycles. The van der Waals surface area contributed by atoms with Crippen molar-refractivity contribution < 1.29 is 4.79 Å². The number of piperidine rings is 1. The van der Waals surface area contributed by atoms with Crippen molar-refractivity contribution in [2.45, 2.75) is 25.7 Å². The minimum atomic E-state index is -0.0241. The van der Waals surface area contributed by atoms with Crippen LogP contribution in [0, 0.1) is 6.92 Å². The number of carbonyl (C=O) groups excluding carboxylic acids is 1. The summed E-state index contributed by atoms with van der Waals surface area (Å²) in [6.07, 6.45) is 5.34. The summed E-state index contributed by atoms with van der Waals surface area (Å²) in [5.41, 5.74) is 5.17. The lowest BCUT2D eigenvalue weighted by atomic mass is 9.88. The van der Waals surface area contributed by atoms with Gasteiger partial charge in [0.15, 0.2) is 5.69 Å². The monoisotopic (exact) mass is 358 g/mol. The fraction of sp³-hybridized carbons (Fsp3) is 0.273. The van der Waals surface area contributed by atoms with Crippen LogP contribution in [0.5, 0.6) is 0 Å². The van der Waals surface area contributed by atoms with E-state index < -0.39 is 0 Å². The third kappa shape index (κ3) is 3.72. The Morgan fingerprint density at radius 1 is 1.00 bits per heavy atom. The van der Waals surface area contributed by atoms with Gasteiger partial charge in [0.05, 0.1) is 0 Å². The fourth-order valence-electron chi connectivity index (χ4n) is 3.72. The van der Waals surface area contributed by atoms with Crippen LogP contribution in [0.4, 0.5) is 0 Å². The van der Waals surface area contributed by atoms with E-state index in [1.807, 2.05) is 24.1 Å². The molecule has 1 amide bonds. The molecule has 5 nitrogen and oxygen atoms in total. The molecule has 0 spiro atoms. The first-order valence-corrected chi connectivity index (χ1v) is 9.31. The van der Waals surface area contributed by atoms with Gasteiger partial charge in [0.25, 0.3) is 5.91 Å². The van der Waals surface area contributed by atoms with E-state index in [-0.39, 0.29) is 5.91 Å². The van der Waals surface area contributed by atoms with Gasteiger partial charge >= 0.3 is 0 Å². The van der Waals surface area contributed by atoms with Crippen LogP contribution in [0.15, 0.2) is 60.9 Å². The lowest BCUT2D eigenvalue weighted by Gasteiger charge is -2.32. The van der Waals surface area contributed by atoms with Crippen molar-refractivity contribution in [1.82, 2.24) is 20.1 Å². The highest BCUT2D eigenvalue weighted by Gasteiger charge is 2.25. The summed E-state index contributed by atoms with van der Waals surface area (Å²) in [7, 11) is 0. The summed E-state index contributed by atoms with van der Waals surface area (Å²) in [5, 5.41) is 7.73. The molecule has 0 atom stereocenters. The van der Waals surface area contributed by atoms with Crippen molar-refractivity contribution in [2.75, 3.05) is 13.1 Å². The van der Waals surface area contributed by atoms with Crippen molar-refractivity contribution in [3.8, 4) is 11.1 Å². The van der Waals surface area contributed by atoms with Gasteiger partial charge in [-0.15, -0.1) is 5.10 Å². The molecule has 1 fully saturated rings. The molecule has 2 aromatic heterocycles. The normalized spacial score (nSPS) is 14.9. The Labute approximate surface area is 159 Å². The van der Waals surface area contributed by atoms with E-state index in [1.165, 1.54) is 16.7 Å². The minimum absolute atomic E-state index is 0.0241. The first kappa shape index (κ1) is 17.3. The SMILES string of the molecule is Cc1ncccc1-c1ccc(C2CCN(C(=O)c3cccnn3)CC2)cc1.